The molecule has 0 radical (unpaired) electrons. The fraction of sp³-hybridized carbons (Fsp3) is 0.538. The molecule has 0 fully saturated rings. The molecule has 1 heterocycles. The zero-order valence-corrected chi connectivity index (χ0v) is 11.0. The summed E-state index contributed by atoms with van der Waals surface area (Å²) < 4.78 is 0. The quantitative estimate of drug-likeness (QED) is 0.768. The highest BCUT2D eigenvalue weighted by atomic mass is 16.3. The molecule has 1 rings (SSSR count). The molecule has 18 heavy (non-hydrogen) atoms. The van der Waals surface area contributed by atoms with Crippen LogP contribution in [0.5, 0.6) is 0 Å². The Morgan fingerprint density at radius 3 is 2.72 bits per heavy atom. The Labute approximate surface area is 108 Å². The van der Waals surface area contributed by atoms with Crippen molar-refractivity contribution in [1.29, 1.82) is 0 Å². The summed E-state index contributed by atoms with van der Waals surface area (Å²) in [7, 11) is 0. The Morgan fingerprint density at radius 1 is 1.44 bits per heavy atom. The summed E-state index contributed by atoms with van der Waals surface area (Å²) in [4.78, 5) is 18.0. The van der Waals surface area contributed by atoms with Gasteiger partial charge in [-0.3, -0.25) is 4.79 Å². The molecule has 5 nitrogen and oxygen atoms in total. The van der Waals surface area contributed by atoms with Crippen molar-refractivity contribution in [2.45, 2.75) is 20.3 Å². The summed E-state index contributed by atoms with van der Waals surface area (Å²) in [6.07, 6.45) is 2.18. The van der Waals surface area contributed by atoms with Crippen LogP contribution in [-0.4, -0.2) is 47.1 Å². The van der Waals surface area contributed by atoms with Gasteiger partial charge in [-0.1, -0.05) is 0 Å². The van der Waals surface area contributed by atoms with Crippen LogP contribution in [-0.2, 0) is 0 Å². The summed E-state index contributed by atoms with van der Waals surface area (Å²) in [5, 5.41) is 11.9. The minimum absolute atomic E-state index is 0.0403. The molecule has 100 valence electrons. The number of rotatable bonds is 7. The monoisotopic (exact) mass is 251 g/mol. The van der Waals surface area contributed by atoms with Crippen molar-refractivity contribution < 1.29 is 9.90 Å². The first-order chi connectivity index (χ1) is 8.72. The first kappa shape index (κ1) is 14.4. The van der Waals surface area contributed by atoms with Crippen LogP contribution in [0.15, 0.2) is 18.3 Å². The number of aliphatic hydroxyl groups excluding tert-OH is 1. The van der Waals surface area contributed by atoms with E-state index in [1.165, 1.54) is 0 Å². The molecular formula is C13H21N3O2. The molecule has 2 N–H and O–H groups in total. The van der Waals surface area contributed by atoms with E-state index in [1.54, 1.807) is 23.2 Å². The summed E-state index contributed by atoms with van der Waals surface area (Å²) in [6.45, 7) is 6.03. The van der Waals surface area contributed by atoms with E-state index in [4.69, 9.17) is 5.11 Å². The van der Waals surface area contributed by atoms with Gasteiger partial charge < -0.3 is 15.3 Å². The van der Waals surface area contributed by atoms with Crippen molar-refractivity contribution in [1.82, 2.24) is 9.88 Å². The van der Waals surface area contributed by atoms with Crippen LogP contribution < -0.4 is 5.32 Å². The van der Waals surface area contributed by atoms with Crippen LogP contribution >= 0.6 is 0 Å². The van der Waals surface area contributed by atoms with E-state index in [2.05, 4.69) is 10.3 Å². The third kappa shape index (κ3) is 4.00. The lowest BCUT2D eigenvalue weighted by Crippen LogP contribution is -2.32. The van der Waals surface area contributed by atoms with Gasteiger partial charge in [0.1, 0.15) is 5.82 Å². The van der Waals surface area contributed by atoms with E-state index in [-0.39, 0.29) is 12.5 Å². The third-order valence-corrected chi connectivity index (χ3v) is 2.62. The molecule has 1 aromatic rings. The maximum absolute atomic E-state index is 12.1. The Morgan fingerprint density at radius 2 is 2.22 bits per heavy atom. The zero-order valence-electron chi connectivity index (χ0n) is 11.0. The van der Waals surface area contributed by atoms with Gasteiger partial charge in [-0.15, -0.1) is 0 Å². The number of anilines is 1. The molecule has 0 aromatic carbocycles. The fourth-order valence-electron chi connectivity index (χ4n) is 1.65. The molecule has 0 saturated heterocycles. The molecule has 1 amide bonds. The normalized spacial score (nSPS) is 10.2. The lowest BCUT2D eigenvalue weighted by Gasteiger charge is -2.20. The van der Waals surface area contributed by atoms with Crippen molar-refractivity contribution in [2.24, 2.45) is 0 Å². The Balaban J connectivity index is 2.69. The molecular weight excluding hydrogens is 230 g/mol. The second-order valence-electron chi connectivity index (χ2n) is 3.92. The maximum Gasteiger partial charge on any atom is 0.255 e. The molecule has 0 aliphatic carbocycles. The summed E-state index contributed by atoms with van der Waals surface area (Å²) >= 11 is 0. The first-order valence-electron chi connectivity index (χ1n) is 6.33. The van der Waals surface area contributed by atoms with E-state index in [9.17, 15) is 4.79 Å². The van der Waals surface area contributed by atoms with Crippen molar-refractivity contribution in [3.63, 3.8) is 0 Å². The van der Waals surface area contributed by atoms with Gasteiger partial charge in [0.2, 0.25) is 0 Å². The van der Waals surface area contributed by atoms with Crippen LogP contribution in [0.4, 0.5) is 5.82 Å². The van der Waals surface area contributed by atoms with Crippen LogP contribution in [0.2, 0.25) is 0 Å². The van der Waals surface area contributed by atoms with Gasteiger partial charge in [-0.05, 0) is 32.4 Å². The van der Waals surface area contributed by atoms with Gasteiger partial charge in [0.15, 0.2) is 0 Å². The average Bonchev–Trinajstić information content (AvgIpc) is 2.40. The Kier molecular flexibility index (Phi) is 6.14. The topological polar surface area (TPSA) is 65.5 Å². The molecule has 1 aromatic heterocycles. The lowest BCUT2D eigenvalue weighted by atomic mass is 10.2. The molecule has 0 aliphatic heterocycles. The SMILES string of the molecule is CCNc1ccc(C(=O)N(CC)CCCO)cn1. The number of hydrogen-bond donors (Lipinski definition) is 2. The minimum atomic E-state index is -0.0403. The molecule has 0 spiro atoms. The lowest BCUT2D eigenvalue weighted by molar-refractivity contribution is 0.0754. The highest BCUT2D eigenvalue weighted by Gasteiger charge is 2.13. The number of pyridine rings is 1. The standard InChI is InChI=1S/C13H21N3O2/c1-3-14-12-7-6-11(10-15-12)13(18)16(4-2)8-5-9-17/h6-7,10,17H,3-5,8-9H2,1-2H3,(H,14,15). The summed E-state index contributed by atoms with van der Waals surface area (Å²) in [5.41, 5.74) is 0.580. The van der Waals surface area contributed by atoms with Crippen LogP contribution in [0, 0.1) is 0 Å². The molecule has 0 saturated carbocycles. The van der Waals surface area contributed by atoms with E-state index in [1.807, 2.05) is 13.8 Å². The number of aliphatic hydroxyl groups is 1. The Hall–Kier alpha value is -1.62. The molecule has 0 bridgehead atoms. The van der Waals surface area contributed by atoms with Crippen molar-refractivity contribution in [3.05, 3.63) is 23.9 Å². The maximum atomic E-state index is 12.1. The second kappa shape index (κ2) is 7.66. The Bertz CT molecular complexity index is 365. The molecule has 0 atom stereocenters. The van der Waals surface area contributed by atoms with Crippen LogP contribution in [0.3, 0.4) is 0 Å². The number of nitrogens with one attached hydrogen (secondary N) is 1. The van der Waals surface area contributed by atoms with Crippen LogP contribution in [0.1, 0.15) is 30.6 Å². The number of amides is 1. The molecule has 5 heteroatoms. The number of aromatic nitrogens is 1. The van der Waals surface area contributed by atoms with E-state index in [0.29, 0.717) is 25.1 Å². The zero-order chi connectivity index (χ0) is 13.4. The van der Waals surface area contributed by atoms with Gasteiger partial charge in [0.25, 0.3) is 5.91 Å². The van der Waals surface area contributed by atoms with Crippen molar-refractivity contribution in [2.75, 3.05) is 31.6 Å². The third-order valence-electron chi connectivity index (χ3n) is 2.62. The summed E-state index contributed by atoms with van der Waals surface area (Å²) in [5.74, 6) is 0.731. The van der Waals surface area contributed by atoms with Gasteiger partial charge >= 0.3 is 0 Å². The predicted octanol–water partition coefficient (Wildman–Crippen LogP) is 1.36. The molecule has 0 unspecified atom stereocenters. The highest BCUT2D eigenvalue weighted by Crippen LogP contribution is 2.08. The van der Waals surface area contributed by atoms with E-state index >= 15 is 0 Å². The number of nitrogens with zero attached hydrogens (tertiary/aromatic N) is 2. The smallest absolute Gasteiger partial charge is 0.255 e. The first-order valence-corrected chi connectivity index (χ1v) is 6.33. The fourth-order valence-corrected chi connectivity index (χ4v) is 1.65. The van der Waals surface area contributed by atoms with Crippen molar-refractivity contribution >= 4 is 11.7 Å². The minimum Gasteiger partial charge on any atom is -0.396 e. The van der Waals surface area contributed by atoms with Gasteiger partial charge in [0.05, 0.1) is 5.56 Å². The number of carbonyl (C=O) groups is 1. The predicted molar refractivity (Wildman–Crippen MR) is 71.7 cm³/mol. The largest absolute Gasteiger partial charge is 0.396 e. The van der Waals surface area contributed by atoms with Crippen LogP contribution in [0.25, 0.3) is 0 Å². The van der Waals surface area contributed by atoms with E-state index in [0.717, 1.165) is 12.4 Å². The average molecular weight is 251 g/mol. The highest BCUT2D eigenvalue weighted by molar-refractivity contribution is 5.94. The van der Waals surface area contributed by atoms with Crippen molar-refractivity contribution in [3.8, 4) is 0 Å². The van der Waals surface area contributed by atoms with E-state index < -0.39 is 0 Å². The number of hydrogen-bond acceptors (Lipinski definition) is 4. The van der Waals surface area contributed by atoms with Gasteiger partial charge in [0, 0.05) is 32.4 Å². The summed E-state index contributed by atoms with van der Waals surface area (Å²) in [6, 6.07) is 3.57. The van der Waals surface area contributed by atoms with Gasteiger partial charge in [-0.25, -0.2) is 4.98 Å². The number of carbonyl (C=O) groups excluding carboxylic acids is 1. The van der Waals surface area contributed by atoms with Gasteiger partial charge in [-0.2, -0.15) is 0 Å². The second-order valence-corrected chi connectivity index (χ2v) is 3.92. The molecule has 0 aliphatic rings.